The molecule has 0 bridgehead atoms. The number of benzene rings is 15. The molecule has 2 N–H and O–H groups in total. The van der Waals surface area contributed by atoms with Crippen molar-refractivity contribution in [1.29, 1.82) is 0 Å². The number of aryl methyl sites for hydroxylation is 3. The lowest BCUT2D eigenvalue weighted by Gasteiger charge is -2.45. The summed E-state index contributed by atoms with van der Waals surface area (Å²) in [5.74, 6) is -0.474. The Labute approximate surface area is 831 Å². The number of rotatable bonds is 15. The molecule has 0 atom stereocenters. The highest BCUT2D eigenvalue weighted by atomic mass is 79.9. The quantitative estimate of drug-likeness (QED) is 0.0954. The van der Waals surface area contributed by atoms with Crippen LogP contribution in [0.4, 0.5) is 103 Å². The van der Waals surface area contributed by atoms with Gasteiger partial charge in [-0.05, 0) is 348 Å². The lowest BCUT2D eigenvalue weighted by molar-refractivity contribution is 0.475. The van der Waals surface area contributed by atoms with E-state index in [0.29, 0.717) is 40.0 Å². The molecular weight excluding hydrogens is 2010 g/mol. The first-order chi connectivity index (χ1) is 65.4. The molecule has 0 aromatic heterocycles. The zero-order valence-electron chi connectivity index (χ0n) is 74.6. The second kappa shape index (κ2) is 45.0. The fourth-order valence-corrected chi connectivity index (χ4v) is 17.6. The summed E-state index contributed by atoms with van der Waals surface area (Å²) in [4.78, 5) is 34.2. The van der Waals surface area contributed by atoms with Gasteiger partial charge in [0.25, 0.3) is 0 Å². The Bertz CT molecular complexity index is 4750. The number of hydrogen-bond donors (Lipinski definition) is 2. The maximum Gasteiger partial charge on any atom is 0.123 e. The third kappa shape index (κ3) is 26.0. The van der Waals surface area contributed by atoms with Crippen LogP contribution in [-0.4, -0.2) is 110 Å². The highest BCUT2D eigenvalue weighted by molar-refractivity contribution is 9.11. The van der Waals surface area contributed by atoms with E-state index in [1.807, 2.05) is 60.7 Å². The van der Waals surface area contributed by atoms with Gasteiger partial charge in [0, 0.05) is 113 Å². The largest absolute Gasteiger partial charge is 0.508 e. The Hall–Kier alpha value is -12.9. The lowest BCUT2D eigenvalue weighted by Crippen LogP contribution is -2.55. The summed E-state index contributed by atoms with van der Waals surface area (Å²) in [5.41, 5.74) is 20.1. The van der Waals surface area contributed by atoms with Crippen LogP contribution < -0.4 is 73.5 Å². The third-order valence-corrected chi connectivity index (χ3v) is 26.3. The standard InChI is InChI=1S/C22H21Cl2N3.C22H21F2N3.C22H23N3O2.C21H18Br3N3.C21H18BrF2N3/c2*1-17-2-8-20(9-3-17)25-14-26(21-10-4-18(23)5-11-21)16-27(15-25)22-12-6-19(24)7-13-22;1-17-2-4-18(5-3-17)23-14-24(19-6-10-21(26)11-7-19)16-25(15-23)20-8-12-22(27)13-9-20;2*22-16-1-7-19(8-2-16)25-13-26(20-9-3-17(23)4-10-20)15-27(14-25)21-11-5-18(24)6-12-21/h2*2-13H,14-16H2,1H3;2-13,26-27H,14-16H2,1H3;2*1-12H,13-15H2. The highest BCUT2D eigenvalue weighted by Gasteiger charge is 2.31. The lowest BCUT2D eigenvalue weighted by atomic mass is 10.2. The Balaban J connectivity index is 0.000000123. The van der Waals surface area contributed by atoms with Crippen LogP contribution in [-0.2, 0) is 0 Å². The van der Waals surface area contributed by atoms with Gasteiger partial charge >= 0.3 is 0 Å². The second-order valence-electron chi connectivity index (χ2n) is 33.5. The van der Waals surface area contributed by atoms with Gasteiger partial charge in [-0.2, -0.15) is 0 Å². The van der Waals surface area contributed by atoms with Crippen LogP contribution in [0.2, 0.25) is 10.0 Å². The van der Waals surface area contributed by atoms with Crippen molar-refractivity contribution < 1.29 is 27.8 Å². The average molecular weight is 2110 g/mol. The number of hydrogen-bond acceptors (Lipinski definition) is 17. The van der Waals surface area contributed by atoms with Gasteiger partial charge in [0.05, 0.1) is 100 Å². The molecule has 0 amide bonds. The first kappa shape index (κ1) is 95.3. The molecule has 690 valence electrons. The van der Waals surface area contributed by atoms with Gasteiger partial charge < -0.3 is 83.7 Å². The van der Waals surface area contributed by atoms with E-state index in [0.717, 1.165) is 151 Å². The van der Waals surface area contributed by atoms with Gasteiger partial charge in [0.15, 0.2) is 0 Å². The monoisotopic (exact) mass is 2100 g/mol. The number of phenols is 2. The minimum Gasteiger partial charge on any atom is -0.508 e. The van der Waals surface area contributed by atoms with Crippen LogP contribution in [0.1, 0.15) is 16.7 Å². The van der Waals surface area contributed by atoms with Crippen molar-refractivity contribution in [3.63, 3.8) is 0 Å². The van der Waals surface area contributed by atoms with E-state index in [4.69, 9.17) is 23.2 Å². The first-order valence-corrected chi connectivity index (χ1v) is 47.9. The zero-order valence-corrected chi connectivity index (χ0v) is 82.5. The van der Waals surface area contributed by atoms with Gasteiger partial charge in [-0.25, -0.2) is 17.6 Å². The summed E-state index contributed by atoms with van der Waals surface area (Å²) in [6.45, 7) is 17.4. The van der Waals surface area contributed by atoms with Gasteiger partial charge in [0.2, 0.25) is 0 Å². The fraction of sp³-hybridized carbons (Fsp3) is 0.167. The van der Waals surface area contributed by atoms with E-state index in [9.17, 15) is 27.8 Å². The number of phenolic OH excluding ortho intramolecular Hbond substituents is 2. The summed E-state index contributed by atoms with van der Waals surface area (Å²) in [6, 6.07) is 116. The van der Waals surface area contributed by atoms with Crippen molar-refractivity contribution in [2.24, 2.45) is 0 Å². The van der Waals surface area contributed by atoms with Gasteiger partial charge in [-0.15, -0.1) is 0 Å². The summed E-state index contributed by atoms with van der Waals surface area (Å²) in [6.07, 6.45) is 0. The van der Waals surface area contributed by atoms with Gasteiger partial charge in [0.1, 0.15) is 34.8 Å². The SMILES string of the molecule is Brc1ccc(N2CN(c3ccc(Br)cc3)CN(c3ccc(Br)cc3)C2)cc1.Cc1ccc(N2CN(c3ccc(Cl)cc3)CN(c3ccc(Cl)cc3)C2)cc1.Cc1ccc(N2CN(c3ccc(F)cc3)CN(c3ccc(F)cc3)C2)cc1.Cc1ccc(N2CN(c3ccc(O)cc3)CN(c3ccc(O)cc3)C2)cc1.Fc1ccc(N2CN(c3ccc(F)cc3)CN(c3ccc(Br)cc3)C2)cc1. The van der Waals surface area contributed by atoms with Crippen LogP contribution in [0.25, 0.3) is 0 Å². The van der Waals surface area contributed by atoms with E-state index >= 15 is 0 Å². The molecule has 20 rings (SSSR count). The summed E-state index contributed by atoms with van der Waals surface area (Å²) in [5, 5.41) is 20.7. The topological polar surface area (TPSA) is 89.1 Å². The first-order valence-electron chi connectivity index (χ1n) is 44.0. The predicted molar refractivity (Wildman–Crippen MR) is 565 cm³/mol. The normalized spacial score (nSPS) is 14.5. The third-order valence-electron chi connectivity index (χ3n) is 23.7. The van der Waals surface area contributed by atoms with Crippen LogP contribution in [0, 0.1) is 44.0 Å². The predicted octanol–water partition coefficient (Wildman–Crippen LogP) is 27.2. The Morgan fingerprint density at radius 2 is 0.274 bits per heavy atom. The number of aromatic hydroxyl groups is 2. The summed E-state index contributed by atoms with van der Waals surface area (Å²) < 4.78 is 57.7. The number of halogens is 10. The summed E-state index contributed by atoms with van der Waals surface area (Å²) >= 11 is 26.2. The van der Waals surface area contributed by atoms with E-state index in [1.54, 1.807) is 72.8 Å². The molecule has 5 heterocycles. The molecule has 0 unspecified atom stereocenters. The molecule has 17 nitrogen and oxygen atoms in total. The van der Waals surface area contributed by atoms with E-state index in [1.165, 1.54) is 88.0 Å². The minimum atomic E-state index is -0.254. The molecule has 15 aromatic rings. The summed E-state index contributed by atoms with van der Waals surface area (Å²) in [7, 11) is 0. The number of nitrogens with zero attached hydrogens (tertiary/aromatic N) is 15. The number of anilines is 15. The highest BCUT2D eigenvalue weighted by Crippen LogP contribution is 2.37. The average Bonchev–Trinajstić information content (AvgIpc) is 0.816. The molecule has 15 aromatic carbocycles. The maximum atomic E-state index is 13.3. The Morgan fingerprint density at radius 3 is 0.407 bits per heavy atom. The molecule has 27 heteroatoms. The van der Waals surface area contributed by atoms with Crippen molar-refractivity contribution in [2.45, 2.75) is 20.8 Å². The minimum absolute atomic E-state index is 0.249. The van der Waals surface area contributed by atoms with Crippen molar-refractivity contribution in [2.75, 3.05) is 174 Å². The molecule has 5 aliphatic heterocycles. The van der Waals surface area contributed by atoms with E-state index in [2.05, 4.69) is 340 Å². The van der Waals surface area contributed by atoms with Crippen molar-refractivity contribution in [3.8, 4) is 11.5 Å². The molecular formula is C108H101Br4Cl2F4N15O2. The molecule has 5 saturated heterocycles. The molecule has 0 spiro atoms. The van der Waals surface area contributed by atoms with Crippen LogP contribution in [0.3, 0.4) is 0 Å². The fourth-order valence-electron chi connectivity index (χ4n) is 16.3. The van der Waals surface area contributed by atoms with E-state index < -0.39 is 0 Å². The van der Waals surface area contributed by atoms with E-state index in [-0.39, 0.29) is 34.8 Å². The molecule has 0 aliphatic carbocycles. The second-order valence-corrected chi connectivity index (χ2v) is 38.1. The Morgan fingerprint density at radius 1 is 0.170 bits per heavy atom. The Kier molecular flexibility index (Phi) is 31.7. The smallest absolute Gasteiger partial charge is 0.123 e. The zero-order chi connectivity index (χ0) is 94.0. The van der Waals surface area contributed by atoms with Crippen LogP contribution >= 0.6 is 86.9 Å². The van der Waals surface area contributed by atoms with Gasteiger partial charge in [-0.1, -0.05) is 140 Å². The molecule has 5 aliphatic rings. The van der Waals surface area contributed by atoms with Gasteiger partial charge in [-0.3, -0.25) is 0 Å². The molecule has 0 saturated carbocycles. The molecule has 135 heavy (non-hydrogen) atoms. The van der Waals surface area contributed by atoms with Crippen LogP contribution in [0.5, 0.6) is 11.5 Å². The van der Waals surface area contributed by atoms with Crippen LogP contribution in [0.15, 0.2) is 382 Å². The van der Waals surface area contributed by atoms with Crippen molar-refractivity contribution >= 4 is 172 Å². The molecule has 0 radical (unpaired) electrons. The molecule has 5 fully saturated rings. The maximum absolute atomic E-state index is 13.3. The van der Waals surface area contributed by atoms with Crippen molar-refractivity contribution in [1.82, 2.24) is 0 Å². The van der Waals surface area contributed by atoms with Crippen molar-refractivity contribution in [3.05, 3.63) is 432 Å².